The molecule has 0 aliphatic carbocycles. The van der Waals surface area contributed by atoms with E-state index in [4.69, 9.17) is 32.9 Å². The molecule has 1 heterocycles. The lowest BCUT2D eigenvalue weighted by molar-refractivity contribution is -0.130. The van der Waals surface area contributed by atoms with E-state index in [2.05, 4.69) is 0 Å². The van der Waals surface area contributed by atoms with E-state index >= 15 is 0 Å². The fourth-order valence-electron chi connectivity index (χ4n) is 3.36. The first-order valence-corrected chi connectivity index (χ1v) is 9.97. The molecule has 1 atom stereocenters. The Bertz CT molecular complexity index is 1100. The lowest BCUT2D eigenvalue weighted by Crippen LogP contribution is -2.38. The van der Waals surface area contributed by atoms with Gasteiger partial charge in [0.15, 0.2) is 4.84 Å². The zero-order valence-corrected chi connectivity index (χ0v) is 17.8. The molecule has 0 aliphatic rings. The van der Waals surface area contributed by atoms with Crippen LogP contribution in [0.15, 0.2) is 53.3 Å². The van der Waals surface area contributed by atoms with Crippen LogP contribution in [0.4, 0.5) is 0 Å². The van der Waals surface area contributed by atoms with E-state index in [9.17, 15) is 9.59 Å². The standard InChI is InChI=1S/C21H21Cl2N3O3/c1-4-15(25(2)21(28)18(22)23)19-24-14-10-6-5-9-13(14)20(27)26(19)16-11-7-8-12-17(16)29-3/h5-12,15,18H,4H2,1-3H3. The first-order valence-electron chi connectivity index (χ1n) is 9.10. The number of nitrogens with zero attached hydrogens (tertiary/aromatic N) is 3. The molecule has 29 heavy (non-hydrogen) atoms. The van der Waals surface area contributed by atoms with Crippen molar-refractivity contribution in [2.24, 2.45) is 0 Å². The lowest BCUT2D eigenvalue weighted by Gasteiger charge is -2.29. The fraction of sp³-hybridized carbons (Fsp3) is 0.286. The largest absolute Gasteiger partial charge is 0.495 e. The summed E-state index contributed by atoms with van der Waals surface area (Å²) in [6.45, 7) is 1.90. The first-order chi connectivity index (χ1) is 13.9. The predicted octanol–water partition coefficient (Wildman–Crippen LogP) is 4.11. The topological polar surface area (TPSA) is 64.4 Å². The van der Waals surface area contributed by atoms with Crippen molar-refractivity contribution in [2.75, 3.05) is 14.2 Å². The maximum atomic E-state index is 13.5. The quantitative estimate of drug-likeness (QED) is 0.548. The van der Waals surface area contributed by atoms with Crippen molar-refractivity contribution < 1.29 is 9.53 Å². The number of rotatable bonds is 6. The van der Waals surface area contributed by atoms with E-state index in [0.717, 1.165) is 0 Å². The molecule has 3 rings (SSSR count). The third-order valence-corrected chi connectivity index (χ3v) is 5.19. The van der Waals surface area contributed by atoms with E-state index in [-0.39, 0.29) is 5.56 Å². The van der Waals surface area contributed by atoms with E-state index in [1.807, 2.05) is 25.1 Å². The molecule has 1 amide bonds. The van der Waals surface area contributed by atoms with Crippen LogP contribution in [0.2, 0.25) is 0 Å². The normalized spacial score (nSPS) is 12.2. The second-order valence-electron chi connectivity index (χ2n) is 6.47. The highest BCUT2D eigenvalue weighted by molar-refractivity contribution is 6.53. The third kappa shape index (κ3) is 3.95. The number of methoxy groups -OCH3 is 1. The number of fused-ring (bicyclic) bond motifs is 1. The summed E-state index contributed by atoms with van der Waals surface area (Å²) in [5, 5.41) is 0.471. The number of amides is 1. The number of halogens is 2. The van der Waals surface area contributed by atoms with Gasteiger partial charge in [0.05, 0.1) is 29.7 Å². The van der Waals surface area contributed by atoms with Crippen LogP contribution in [0.25, 0.3) is 16.6 Å². The average molecular weight is 434 g/mol. The van der Waals surface area contributed by atoms with Crippen LogP contribution in [0.5, 0.6) is 5.75 Å². The highest BCUT2D eigenvalue weighted by atomic mass is 35.5. The zero-order chi connectivity index (χ0) is 21.1. The van der Waals surface area contributed by atoms with Gasteiger partial charge >= 0.3 is 0 Å². The summed E-state index contributed by atoms with van der Waals surface area (Å²) in [5.41, 5.74) is 0.842. The Kier molecular flexibility index (Phi) is 6.45. The van der Waals surface area contributed by atoms with Gasteiger partial charge in [0.25, 0.3) is 11.5 Å². The van der Waals surface area contributed by atoms with Gasteiger partial charge in [0, 0.05) is 7.05 Å². The summed E-state index contributed by atoms with van der Waals surface area (Å²) in [7, 11) is 3.14. The second-order valence-corrected chi connectivity index (χ2v) is 7.57. The Hall–Kier alpha value is -2.57. The van der Waals surface area contributed by atoms with Gasteiger partial charge in [0.1, 0.15) is 11.6 Å². The number of para-hydroxylation sites is 3. The lowest BCUT2D eigenvalue weighted by atomic mass is 10.1. The summed E-state index contributed by atoms with van der Waals surface area (Å²) in [5.74, 6) is 0.462. The molecule has 0 saturated carbocycles. The van der Waals surface area contributed by atoms with Crippen LogP contribution >= 0.6 is 23.2 Å². The van der Waals surface area contributed by atoms with Crippen molar-refractivity contribution in [3.8, 4) is 11.4 Å². The maximum absolute atomic E-state index is 13.5. The van der Waals surface area contributed by atoms with Gasteiger partial charge < -0.3 is 9.64 Å². The van der Waals surface area contributed by atoms with Crippen molar-refractivity contribution in [1.82, 2.24) is 14.5 Å². The molecule has 0 fully saturated rings. The molecule has 0 aliphatic heterocycles. The van der Waals surface area contributed by atoms with Crippen LogP contribution in [-0.4, -0.2) is 39.4 Å². The van der Waals surface area contributed by atoms with Crippen molar-refractivity contribution in [3.05, 3.63) is 64.7 Å². The average Bonchev–Trinajstić information content (AvgIpc) is 2.73. The van der Waals surface area contributed by atoms with Gasteiger partial charge in [-0.1, -0.05) is 54.4 Å². The predicted molar refractivity (Wildman–Crippen MR) is 115 cm³/mol. The molecular formula is C21H21Cl2N3O3. The highest BCUT2D eigenvalue weighted by Gasteiger charge is 2.29. The van der Waals surface area contributed by atoms with E-state index in [1.54, 1.807) is 37.4 Å². The minimum atomic E-state index is -1.21. The SMILES string of the molecule is CCC(c1nc2ccccc2c(=O)n1-c1ccccc1OC)N(C)C(=O)C(Cl)Cl. The van der Waals surface area contributed by atoms with Gasteiger partial charge in [-0.2, -0.15) is 0 Å². The Balaban J connectivity index is 2.36. The van der Waals surface area contributed by atoms with E-state index in [1.165, 1.54) is 16.6 Å². The summed E-state index contributed by atoms with van der Waals surface area (Å²) >= 11 is 11.6. The summed E-state index contributed by atoms with van der Waals surface area (Å²) < 4.78 is 6.97. The number of aromatic nitrogens is 2. The number of alkyl halides is 2. The Morgan fingerprint density at radius 3 is 2.48 bits per heavy atom. The van der Waals surface area contributed by atoms with Crippen LogP contribution in [0, 0.1) is 0 Å². The van der Waals surface area contributed by atoms with E-state index < -0.39 is 16.8 Å². The molecule has 0 N–H and O–H groups in total. The molecule has 0 bridgehead atoms. The third-order valence-electron chi connectivity index (χ3n) is 4.81. The molecule has 152 valence electrons. The number of hydrogen-bond donors (Lipinski definition) is 0. The second kappa shape index (κ2) is 8.84. The number of carbonyl (C=O) groups is 1. The van der Waals surface area contributed by atoms with Gasteiger partial charge in [-0.25, -0.2) is 4.98 Å². The molecular weight excluding hydrogens is 413 g/mol. The summed E-state index contributed by atoms with van der Waals surface area (Å²) in [6.07, 6.45) is 0.503. The smallest absolute Gasteiger partial charge is 0.266 e. The van der Waals surface area contributed by atoms with Crippen molar-refractivity contribution in [1.29, 1.82) is 0 Å². The Morgan fingerprint density at radius 1 is 1.17 bits per heavy atom. The van der Waals surface area contributed by atoms with Crippen molar-refractivity contribution in [2.45, 2.75) is 24.2 Å². The van der Waals surface area contributed by atoms with Gasteiger partial charge in [0.2, 0.25) is 0 Å². The maximum Gasteiger partial charge on any atom is 0.266 e. The molecule has 8 heteroatoms. The van der Waals surface area contributed by atoms with Crippen LogP contribution in [-0.2, 0) is 4.79 Å². The molecule has 6 nitrogen and oxygen atoms in total. The number of benzene rings is 2. The van der Waals surface area contributed by atoms with Crippen LogP contribution < -0.4 is 10.3 Å². The molecule has 1 aromatic heterocycles. The van der Waals surface area contributed by atoms with Crippen LogP contribution in [0.1, 0.15) is 25.2 Å². The number of carbonyl (C=O) groups excluding carboxylic acids is 1. The minimum absolute atomic E-state index is 0.248. The first kappa shape index (κ1) is 21.1. The number of ether oxygens (including phenoxy) is 1. The summed E-state index contributed by atoms with van der Waals surface area (Å²) in [6, 6.07) is 13.8. The fourth-order valence-corrected chi connectivity index (χ4v) is 3.67. The van der Waals surface area contributed by atoms with Crippen LogP contribution in [0.3, 0.4) is 0 Å². The molecule has 3 aromatic rings. The minimum Gasteiger partial charge on any atom is -0.495 e. The Labute approximate surface area is 178 Å². The monoisotopic (exact) mass is 433 g/mol. The van der Waals surface area contributed by atoms with Gasteiger partial charge in [-0.3, -0.25) is 14.2 Å². The molecule has 0 spiro atoms. The molecule has 1 unspecified atom stereocenters. The van der Waals surface area contributed by atoms with Gasteiger partial charge in [-0.05, 0) is 30.7 Å². The Morgan fingerprint density at radius 2 is 1.83 bits per heavy atom. The van der Waals surface area contributed by atoms with Gasteiger partial charge in [-0.15, -0.1) is 0 Å². The van der Waals surface area contributed by atoms with E-state index in [0.29, 0.717) is 34.6 Å². The zero-order valence-electron chi connectivity index (χ0n) is 16.3. The molecule has 2 aromatic carbocycles. The molecule has 0 saturated heterocycles. The van der Waals surface area contributed by atoms with Crippen molar-refractivity contribution >= 4 is 40.0 Å². The van der Waals surface area contributed by atoms with Crippen molar-refractivity contribution in [3.63, 3.8) is 0 Å². The highest BCUT2D eigenvalue weighted by Crippen LogP contribution is 2.29. The summed E-state index contributed by atoms with van der Waals surface area (Å²) in [4.78, 5) is 30.9. The number of hydrogen-bond acceptors (Lipinski definition) is 4. The molecule has 0 radical (unpaired) electrons.